The minimum Gasteiger partial charge on any atom is -0.482 e. The van der Waals surface area contributed by atoms with Gasteiger partial charge in [-0.15, -0.1) is 0 Å². The van der Waals surface area contributed by atoms with Crippen LogP contribution in [-0.4, -0.2) is 24.8 Å². The number of benzene rings is 1. The summed E-state index contributed by atoms with van der Waals surface area (Å²) in [5, 5.41) is 4.47. The first kappa shape index (κ1) is 12.6. The molecule has 0 spiro atoms. The Morgan fingerprint density at radius 2 is 2.22 bits per heavy atom. The molecule has 18 heavy (non-hydrogen) atoms. The van der Waals surface area contributed by atoms with Crippen LogP contribution in [0.25, 0.3) is 0 Å². The van der Waals surface area contributed by atoms with Crippen molar-refractivity contribution in [1.29, 1.82) is 0 Å². The van der Waals surface area contributed by atoms with Crippen LogP contribution in [0.1, 0.15) is 0 Å². The number of ether oxygens (including phenoxy) is 1. The Morgan fingerprint density at radius 3 is 2.89 bits per heavy atom. The van der Waals surface area contributed by atoms with E-state index in [-0.39, 0.29) is 29.0 Å². The lowest BCUT2D eigenvalue weighted by molar-refractivity contribution is -0.126. The predicted octanol–water partition coefficient (Wildman–Crippen LogP) is 1.87. The second-order valence-corrected chi connectivity index (χ2v) is 3.86. The molecule has 1 heterocycles. The Hall–Kier alpha value is -1.89. The van der Waals surface area contributed by atoms with Crippen LogP contribution in [0.2, 0.25) is 5.02 Å². The van der Waals surface area contributed by atoms with Gasteiger partial charge in [-0.2, -0.15) is 8.78 Å². The molecule has 2 N–H and O–H groups in total. The molecule has 1 aromatic rings. The fourth-order valence-electron chi connectivity index (χ4n) is 1.38. The number of anilines is 2. The third-order valence-electron chi connectivity index (χ3n) is 2.16. The smallest absolute Gasteiger partial charge is 0.315 e. The zero-order valence-corrected chi connectivity index (χ0v) is 9.55. The van der Waals surface area contributed by atoms with Gasteiger partial charge in [0.2, 0.25) is 0 Å². The van der Waals surface area contributed by atoms with Crippen molar-refractivity contribution in [3.05, 3.63) is 17.2 Å². The Bertz CT molecular complexity index is 522. The summed E-state index contributed by atoms with van der Waals surface area (Å²) in [4.78, 5) is 21.9. The number of hydrogen-bond acceptors (Lipinski definition) is 3. The number of halogens is 3. The van der Waals surface area contributed by atoms with Crippen LogP contribution >= 0.6 is 11.6 Å². The summed E-state index contributed by atoms with van der Waals surface area (Å²) in [6.45, 7) is -0.184. The van der Waals surface area contributed by atoms with E-state index in [4.69, 9.17) is 16.3 Å². The summed E-state index contributed by atoms with van der Waals surface area (Å²) >= 11 is 5.79. The zero-order valence-electron chi connectivity index (χ0n) is 8.80. The topological polar surface area (TPSA) is 67.4 Å². The second-order valence-electron chi connectivity index (χ2n) is 3.46. The molecule has 1 aromatic carbocycles. The molecule has 0 unspecified atom stereocenters. The number of carbonyl (C=O) groups is 2. The molecule has 0 aliphatic carbocycles. The molecule has 0 saturated heterocycles. The first-order valence-corrected chi connectivity index (χ1v) is 5.20. The molecule has 0 saturated carbocycles. The molecule has 0 fully saturated rings. The number of carbonyl (C=O) groups excluding carboxylic acids is 2. The van der Waals surface area contributed by atoms with Gasteiger partial charge in [-0.05, 0) is 6.07 Å². The number of rotatable bonds is 2. The van der Waals surface area contributed by atoms with Gasteiger partial charge in [0, 0.05) is 6.07 Å². The van der Waals surface area contributed by atoms with Crippen LogP contribution < -0.4 is 15.4 Å². The van der Waals surface area contributed by atoms with E-state index >= 15 is 0 Å². The number of nitrogens with one attached hydrogen (secondary N) is 2. The molecule has 96 valence electrons. The molecule has 0 bridgehead atoms. The van der Waals surface area contributed by atoms with Crippen molar-refractivity contribution >= 4 is 34.8 Å². The van der Waals surface area contributed by atoms with E-state index in [2.05, 4.69) is 5.32 Å². The highest BCUT2D eigenvalue weighted by Crippen LogP contribution is 2.36. The molecule has 1 aliphatic heterocycles. The summed E-state index contributed by atoms with van der Waals surface area (Å²) in [7, 11) is 0. The van der Waals surface area contributed by atoms with Crippen molar-refractivity contribution in [3.8, 4) is 5.75 Å². The lowest BCUT2D eigenvalue weighted by Crippen LogP contribution is -2.26. The Kier molecular flexibility index (Phi) is 3.33. The monoisotopic (exact) mass is 276 g/mol. The van der Waals surface area contributed by atoms with Crippen LogP contribution in [-0.2, 0) is 9.59 Å². The average molecular weight is 277 g/mol. The third kappa shape index (κ3) is 2.51. The van der Waals surface area contributed by atoms with Crippen LogP contribution in [0.3, 0.4) is 0 Å². The van der Waals surface area contributed by atoms with E-state index in [0.717, 1.165) is 0 Å². The number of amides is 2. The summed E-state index contributed by atoms with van der Waals surface area (Å²) in [5.41, 5.74) is 0.322. The van der Waals surface area contributed by atoms with Crippen LogP contribution in [0.15, 0.2) is 12.1 Å². The van der Waals surface area contributed by atoms with Crippen molar-refractivity contribution in [3.63, 3.8) is 0 Å². The molecule has 0 aromatic heterocycles. The van der Waals surface area contributed by atoms with Crippen molar-refractivity contribution in [2.75, 3.05) is 17.2 Å². The maximum atomic E-state index is 12.1. The average Bonchev–Trinajstić information content (AvgIpc) is 2.30. The lowest BCUT2D eigenvalue weighted by atomic mass is 10.2. The maximum absolute atomic E-state index is 12.1. The van der Waals surface area contributed by atoms with Crippen LogP contribution in [0.4, 0.5) is 20.2 Å². The van der Waals surface area contributed by atoms with Gasteiger partial charge in [0.15, 0.2) is 6.61 Å². The van der Waals surface area contributed by atoms with Crippen molar-refractivity contribution < 1.29 is 23.1 Å². The molecule has 0 radical (unpaired) electrons. The molecular formula is C10H7ClF2N2O3. The summed E-state index contributed by atoms with van der Waals surface area (Å²) < 4.78 is 29.2. The van der Waals surface area contributed by atoms with Gasteiger partial charge >= 0.3 is 6.43 Å². The number of fused-ring (bicyclic) bond motifs is 1. The first-order valence-electron chi connectivity index (χ1n) is 4.82. The fraction of sp³-hybridized carbons (Fsp3) is 0.200. The van der Waals surface area contributed by atoms with Gasteiger partial charge in [-0.3, -0.25) is 9.59 Å². The van der Waals surface area contributed by atoms with Gasteiger partial charge in [0.05, 0.1) is 16.4 Å². The highest BCUT2D eigenvalue weighted by molar-refractivity contribution is 6.34. The van der Waals surface area contributed by atoms with E-state index in [9.17, 15) is 18.4 Å². The molecule has 2 rings (SSSR count). The zero-order chi connectivity index (χ0) is 13.3. The summed E-state index contributed by atoms with van der Waals surface area (Å²) in [6.07, 6.45) is -3.14. The quantitative estimate of drug-likeness (QED) is 0.866. The van der Waals surface area contributed by atoms with Crippen LogP contribution in [0.5, 0.6) is 5.75 Å². The summed E-state index contributed by atoms with van der Waals surface area (Å²) in [5.74, 6) is -1.55. The van der Waals surface area contributed by atoms with Gasteiger partial charge < -0.3 is 15.4 Å². The Labute approximate surface area is 105 Å². The minimum atomic E-state index is -3.14. The van der Waals surface area contributed by atoms with E-state index < -0.39 is 12.3 Å². The fourth-order valence-corrected chi connectivity index (χ4v) is 1.59. The van der Waals surface area contributed by atoms with Gasteiger partial charge in [-0.1, -0.05) is 11.6 Å². The Balaban J connectivity index is 2.28. The molecule has 0 atom stereocenters. The SMILES string of the molecule is O=C1COc2cc(NC(=O)C(F)F)c(Cl)cc2N1. The predicted molar refractivity (Wildman–Crippen MR) is 60.2 cm³/mol. The van der Waals surface area contributed by atoms with E-state index in [0.29, 0.717) is 5.69 Å². The molecule has 5 nitrogen and oxygen atoms in total. The molecule has 8 heteroatoms. The third-order valence-corrected chi connectivity index (χ3v) is 2.47. The normalized spacial score (nSPS) is 13.7. The van der Waals surface area contributed by atoms with Crippen LogP contribution in [0, 0.1) is 0 Å². The standard InChI is InChI=1S/C10H7ClF2N2O3/c11-4-1-6-7(18-3-8(16)14-6)2-5(4)15-10(17)9(12)13/h1-2,9H,3H2,(H,14,16)(H,15,17). The van der Waals surface area contributed by atoms with E-state index in [1.54, 1.807) is 0 Å². The van der Waals surface area contributed by atoms with Gasteiger partial charge in [-0.25, -0.2) is 0 Å². The summed E-state index contributed by atoms with van der Waals surface area (Å²) in [6, 6.07) is 2.59. The minimum absolute atomic E-state index is 0.00290. The number of hydrogen-bond donors (Lipinski definition) is 2. The van der Waals surface area contributed by atoms with Gasteiger partial charge in [0.1, 0.15) is 5.75 Å². The van der Waals surface area contributed by atoms with E-state index in [1.165, 1.54) is 12.1 Å². The Morgan fingerprint density at radius 1 is 1.50 bits per heavy atom. The van der Waals surface area contributed by atoms with E-state index in [1.807, 2.05) is 5.32 Å². The molecule has 1 aliphatic rings. The van der Waals surface area contributed by atoms with Crippen molar-refractivity contribution in [2.45, 2.75) is 6.43 Å². The van der Waals surface area contributed by atoms with Crippen molar-refractivity contribution in [1.82, 2.24) is 0 Å². The largest absolute Gasteiger partial charge is 0.482 e. The van der Waals surface area contributed by atoms with Gasteiger partial charge in [0.25, 0.3) is 11.8 Å². The first-order chi connectivity index (χ1) is 8.47. The highest BCUT2D eigenvalue weighted by Gasteiger charge is 2.21. The maximum Gasteiger partial charge on any atom is 0.315 e. The molecule has 2 amide bonds. The molecular weight excluding hydrogens is 270 g/mol. The second kappa shape index (κ2) is 4.77. The highest BCUT2D eigenvalue weighted by atomic mass is 35.5. The number of alkyl halides is 2. The van der Waals surface area contributed by atoms with Crippen molar-refractivity contribution in [2.24, 2.45) is 0 Å². The lowest BCUT2D eigenvalue weighted by Gasteiger charge is -2.19.